The highest BCUT2D eigenvalue weighted by Crippen LogP contribution is 2.32. The molecule has 0 aliphatic heterocycles. The van der Waals surface area contributed by atoms with Gasteiger partial charge in [-0.25, -0.2) is 13.1 Å². The Morgan fingerprint density at radius 2 is 1.58 bits per heavy atom. The predicted molar refractivity (Wildman–Crippen MR) is 104 cm³/mol. The van der Waals surface area contributed by atoms with E-state index in [0.29, 0.717) is 11.3 Å². The molecule has 5 nitrogen and oxygen atoms in total. The molecule has 0 aliphatic carbocycles. The molecule has 2 rings (SSSR count). The normalized spacial score (nSPS) is 12.9. The number of sulfonamides is 1. The third kappa shape index (κ3) is 4.37. The number of ether oxygens (including phenoxy) is 2. The van der Waals surface area contributed by atoms with Gasteiger partial charge in [0.1, 0.15) is 11.5 Å². The van der Waals surface area contributed by atoms with E-state index >= 15 is 0 Å². The number of hydrogen-bond acceptors (Lipinski definition) is 4. The summed E-state index contributed by atoms with van der Waals surface area (Å²) in [5.74, 6) is 1.59. The van der Waals surface area contributed by atoms with Crippen LogP contribution in [0.5, 0.6) is 11.5 Å². The number of benzene rings is 2. The fourth-order valence-electron chi connectivity index (χ4n) is 2.85. The summed E-state index contributed by atoms with van der Waals surface area (Å²) in [6.45, 7) is 7.62. The summed E-state index contributed by atoms with van der Waals surface area (Å²) >= 11 is 0. The van der Waals surface area contributed by atoms with Crippen LogP contribution in [0.4, 0.5) is 0 Å². The van der Waals surface area contributed by atoms with Crippen LogP contribution in [-0.4, -0.2) is 22.6 Å². The minimum Gasteiger partial charge on any atom is -0.497 e. The van der Waals surface area contributed by atoms with Crippen LogP contribution in [0, 0.1) is 6.92 Å². The fourth-order valence-corrected chi connectivity index (χ4v) is 4.35. The molecule has 0 aliphatic rings. The number of hydrogen-bond donors (Lipinski definition) is 1. The molecule has 0 saturated carbocycles. The molecule has 0 fully saturated rings. The van der Waals surface area contributed by atoms with Crippen molar-refractivity contribution in [1.82, 2.24) is 4.72 Å². The highest BCUT2D eigenvalue weighted by molar-refractivity contribution is 7.89. The van der Waals surface area contributed by atoms with Crippen molar-refractivity contribution < 1.29 is 17.9 Å². The summed E-state index contributed by atoms with van der Waals surface area (Å²) in [5.41, 5.74) is 2.39. The lowest BCUT2D eigenvalue weighted by Crippen LogP contribution is -2.27. The van der Waals surface area contributed by atoms with Gasteiger partial charge in [-0.2, -0.15) is 0 Å². The standard InChI is InChI=1S/C20H27NO4S/c1-13(2)18-12-20(14(3)11-19(18)25-6)26(22,23)21-15(4)16-7-9-17(24-5)10-8-16/h7-13,15,21H,1-6H3/t15-/m1/s1. The first-order chi connectivity index (χ1) is 12.2. The van der Waals surface area contributed by atoms with E-state index in [1.54, 1.807) is 33.3 Å². The Balaban J connectivity index is 2.35. The first kappa shape index (κ1) is 20.3. The third-order valence-corrected chi connectivity index (χ3v) is 6.07. The lowest BCUT2D eigenvalue weighted by Gasteiger charge is -2.19. The van der Waals surface area contributed by atoms with Crippen molar-refractivity contribution in [2.75, 3.05) is 14.2 Å². The second-order valence-electron chi connectivity index (χ2n) is 6.63. The van der Waals surface area contributed by atoms with Crippen LogP contribution in [0.2, 0.25) is 0 Å². The monoisotopic (exact) mass is 377 g/mol. The smallest absolute Gasteiger partial charge is 0.241 e. The summed E-state index contributed by atoms with van der Waals surface area (Å²) in [5, 5.41) is 0. The van der Waals surface area contributed by atoms with Crippen LogP contribution >= 0.6 is 0 Å². The van der Waals surface area contributed by atoms with Gasteiger partial charge in [-0.3, -0.25) is 0 Å². The van der Waals surface area contributed by atoms with Crippen molar-refractivity contribution in [2.24, 2.45) is 0 Å². The van der Waals surface area contributed by atoms with Gasteiger partial charge in [-0.1, -0.05) is 26.0 Å². The van der Waals surface area contributed by atoms with E-state index in [-0.39, 0.29) is 16.9 Å². The van der Waals surface area contributed by atoms with Gasteiger partial charge in [0.15, 0.2) is 0 Å². The largest absolute Gasteiger partial charge is 0.497 e. The average molecular weight is 378 g/mol. The Bertz CT molecular complexity index is 858. The molecule has 0 radical (unpaired) electrons. The molecule has 142 valence electrons. The number of methoxy groups -OCH3 is 2. The SMILES string of the molecule is COc1ccc([C@@H](C)NS(=O)(=O)c2cc(C(C)C)c(OC)cc2C)cc1. The lowest BCUT2D eigenvalue weighted by molar-refractivity contribution is 0.406. The van der Waals surface area contributed by atoms with Gasteiger partial charge in [0.2, 0.25) is 10.0 Å². The van der Waals surface area contributed by atoms with Gasteiger partial charge in [0.05, 0.1) is 19.1 Å². The second kappa shape index (κ2) is 8.10. The molecule has 0 unspecified atom stereocenters. The van der Waals surface area contributed by atoms with E-state index in [1.807, 2.05) is 45.0 Å². The molecule has 0 spiro atoms. The number of aryl methyl sites for hydroxylation is 1. The Morgan fingerprint density at radius 3 is 2.08 bits per heavy atom. The zero-order chi connectivity index (χ0) is 19.5. The quantitative estimate of drug-likeness (QED) is 0.786. The molecule has 1 N–H and O–H groups in total. The maximum Gasteiger partial charge on any atom is 0.241 e. The second-order valence-corrected chi connectivity index (χ2v) is 8.31. The van der Waals surface area contributed by atoms with Crippen LogP contribution in [-0.2, 0) is 10.0 Å². The molecule has 2 aromatic carbocycles. The summed E-state index contributed by atoms with van der Waals surface area (Å²) in [6.07, 6.45) is 0. The fraction of sp³-hybridized carbons (Fsp3) is 0.400. The zero-order valence-corrected chi connectivity index (χ0v) is 17.0. The van der Waals surface area contributed by atoms with E-state index in [0.717, 1.165) is 16.9 Å². The van der Waals surface area contributed by atoms with Gasteiger partial charge < -0.3 is 9.47 Å². The van der Waals surface area contributed by atoms with E-state index in [1.165, 1.54) is 0 Å². The van der Waals surface area contributed by atoms with Crippen molar-refractivity contribution in [3.63, 3.8) is 0 Å². The molecule has 0 saturated heterocycles. The summed E-state index contributed by atoms with van der Waals surface area (Å²) in [7, 11) is -0.479. The molecule has 0 amide bonds. The molecule has 6 heteroatoms. The number of nitrogens with one attached hydrogen (secondary N) is 1. The molecular formula is C20H27NO4S. The van der Waals surface area contributed by atoms with Crippen molar-refractivity contribution in [1.29, 1.82) is 0 Å². The summed E-state index contributed by atoms with van der Waals surface area (Å²) < 4.78 is 39.2. The van der Waals surface area contributed by atoms with Crippen LogP contribution in [0.15, 0.2) is 41.3 Å². The first-order valence-corrected chi connectivity index (χ1v) is 10.0. The maximum absolute atomic E-state index is 13.0. The lowest BCUT2D eigenvalue weighted by atomic mass is 10.0. The third-order valence-electron chi connectivity index (χ3n) is 4.39. The van der Waals surface area contributed by atoms with E-state index in [9.17, 15) is 8.42 Å². The zero-order valence-electron chi connectivity index (χ0n) is 16.2. The molecule has 26 heavy (non-hydrogen) atoms. The molecule has 2 aromatic rings. The summed E-state index contributed by atoms with van der Waals surface area (Å²) in [4.78, 5) is 0.280. The Labute approximate surface area is 156 Å². The molecule has 0 aromatic heterocycles. The minimum atomic E-state index is -3.67. The van der Waals surface area contributed by atoms with E-state index < -0.39 is 10.0 Å². The first-order valence-electron chi connectivity index (χ1n) is 8.54. The van der Waals surface area contributed by atoms with Crippen molar-refractivity contribution >= 4 is 10.0 Å². The van der Waals surface area contributed by atoms with Gasteiger partial charge in [-0.15, -0.1) is 0 Å². The highest BCUT2D eigenvalue weighted by Gasteiger charge is 2.23. The van der Waals surface area contributed by atoms with Gasteiger partial charge >= 0.3 is 0 Å². The Kier molecular flexibility index (Phi) is 6.31. The summed E-state index contributed by atoms with van der Waals surface area (Å²) in [6, 6.07) is 10.5. The van der Waals surface area contributed by atoms with Gasteiger partial charge in [0.25, 0.3) is 0 Å². The highest BCUT2D eigenvalue weighted by atomic mass is 32.2. The van der Waals surface area contributed by atoms with Crippen LogP contribution in [0.25, 0.3) is 0 Å². The molecule has 0 heterocycles. The average Bonchev–Trinajstić information content (AvgIpc) is 2.60. The number of rotatable bonds is 7. The topological polar surface area (TPSA) is 64.6 Å². The van der Waals surface area contributed by atoms with Crippen LogP contribution in [0.3, 0.4) is 0 Å². The Hall–Kier alpha value is -2.05. The van der Waals surface area contributed by atoms with Crippen molar-refractivity contribution in [3.8, 4) is 11.5 Å². The van der Waals surface area contributed by atoms with Crippen molar-refractivity contribution in [3.05, 3.63) is 53.1 Å². The Morgan fingerprint density at radius 1 is 0.962 bits per heavy atom. The predicted octanol–water partition coefficient (Wildman–Crippen LogP) is 4.18. The molecule has 1 atom stereocenters. The van der Waals surface area contributed by atoms with E-state index in [4.69, 9.17) is 9.47 Å². The minimum absolute atomic E-state index is 0.151. The van der Waals surface area contributed by atoms with Crippen LogP contribution < -0.4 is 14.2 Å². The van der Waals surface area contributed by atoms with Gasteiger partial charge in [0, 0.05) is 6.04 Å². The van der Waals surface area contributed by atoms with Crippen molar-refractivity contribution in [2.45, 2.75) is 44.6 Å². The maximum atomic E-state index is 13.0. The van der Waals surface area contributed by atoms with Crippen LogP contribution in [0.1, 0.15) is 49.4 Å². The van der Waals surface area contributed by atoms with Gasteiger partial charge in [-0.05, 0) is 60.7 Å². The molecular weight excluding hydrogens is 350 g/mol. The van der Waals surface area contributed by atoms with E-state index in [2.05, 4.69) is 4.72 Å². The molecule has 0 bridgehead atoms.